The van der Waals surface area contributed by atoms with Crippen LogP contribution in [0, 0.1) is 5.92 Å². The molecule has 20 heavy (non-hydrogen) atoms. The highest BCUT2D eigenvalue weighted by Crippen LogP contribution is 2.24. The first-order valence-corrected chi connectivity index (χ1v) is 8.44. The number of thioether (sulfide) groups is 1. The first-order valence-electron chi connectivity index (χ1n) is 7.21. The Labute approximate surface area is 126 Å². The summed E-state index contributed by atoms with van der Waals surface area (Å²) in [6.07, 6.45) is 4.18. The molecule has 1 rings (SSSR count). The molecule has 0 saturated carbocycles. The van der Waals surface area contributed by atoms with Crippen molar-refractivity contribution in [2.75, 3.05) is 23.1 Å². The number of nitrogen functional groups attached to an aromatic ring is 1. The monoisotopic (exact) mass is 297 g/mol. The molecule has 0 aliphatic carbocycles. The average molecular weight is 297 g/mol. The first kappa shape index (κ1) is 17.0. The van der Waals surface area contributed by atoms with E-state index in [1.165, 1.54) is 11.8 Å². The molecule has 0 fully saturated rings. The van der Waals surface area contributed by atoms with Gasteiger partial charge in [-0.15, -0.1) is 0 Å². The fourth-order valence-corrected chi connectivity index (χ4v) is 2.65. The van der Waals surface area contributed by atoms with Crippen LogP contribution in [0.2, 0.25) is 0 Å². The molecule has 0 amide bonds. The minimum Gasteiger partial charge on any atom is -0.353 e. The Morgan fingerprint density at radius 3 is 2.40 bits per heavy atom. The van der Waals surface area contributed by atoms with E-state index in [2.05, 4.69) is 48.0 Å². The van der Waals surface area contributed by atoms with Crippen LogP contribution in [0.5, 0.6) is 0 Å². The Bertz CT molecular complexity index is 384. The lowest BCUT2D eigenvalue weighted by Gasteiger charge is -2.33. The van der Waals surface area contributed by atoms with E-state index in [9.17, 15) is 0 Å². The van der Waals surface area contributed by atoms with Crippen LogP contribution in [-0.2, 0) is 0 Å². The normalized spacial score (nSPS) is 11.2. The number of hydrazine groups is 1. The molecule has 0 unspecified atom stereocenters. The molecule has 0 spiro atoms. The van der Waals surface area contributed by atoms with Gasteiger partial charge in [0.25, 0.3) is 0 Å². The van der Waals surface area contributed by atoms with E-state index in [0.29, 0.717) is 17.8 Å². The maximum atomic E-state index is 5.52. The quantitative estimate of drug-likeness (QED) is 0.332. The van der Waals surface area contributed by atoms with Crippen LogP contribution in [0.1, 0.15) is 40.5 Å². The number of anilines is 2. The number of rotatable bonds is 8. The van der Waals surface area contributed by atoms with Crippen molar-refractivity contribution in [3.63, 3.8) is 0 Å². The summed E-state index contributed by atoms with van der Waals surface area (Å²) in [4.78, 5) is 11.4. The smallest absolute Gasteiger partial charge is 0.191 e. The first-order chi connectivity index (χ1) is 9.55. The van der Waals surface area contributed by atoms with Gasteiger partial charge in [-0.3, -0.25) is 0 Å². The Balaban J connectivity index is 3.17. The summed E-state index contributed by atoms with van der Waals surface area (Å²) >= 11 is 1.53. The summed E-state index contributed by atoms with van der Waals surface area (Å²) in [5.74, 6) is 7.72. The molecular weight excluding hydrogens is 270 g/mol. The molecular formula is C14H27N5S. The Morgan fingerprint density at radius 2 is 1.95 bits per heavy atom. The second kappa shape index (κ2) is 8.32. The third-order valence-corrected chi connectivity index (χ3v) is 3.81. The van der Waals surface area contributed by atoms with E-state index >= 15 is 0 Å². The average Bonchev–Trinajstić information content (AvgIpc) is 2.46. The molecule has 0 atom stereocenters. The number of hydrogen-bond acceptors (Lipinski definition) is 6. The van der Waals surface area contributed by atoms with Gasteiger partial charge in [0.2, 0.25) is 0 Å². The van der Waals surface area contributed by atoms with Crippen LogP contribution in [0.3, 0.4) is 0 Å². The Kier molecular flexibility index (Phi) is 7.09. The van der Waals surface area contributed by atoms with Crippen molar-refractivity contribution in [2.24, 2.45) is 11.8 Å². The van der Waals surface area contributed by atoms with Crippen molar-refractivity contribution < 1.29 is 0 Å². The van der Waals surface area contributed by atoms with Gasteiger partial charge in [0, 0.05) is 18.7 Å². The Hall–Kier alpha value is -1.01. The van der Waals surface area contributed by atoms with Gasteiger partial charge in [0.15, 0.2) is 5.16 Å². The number of hydrogen-bond donors (Lipinski definition) is 2. The van der Waals surface area contributed by atoms with Gasteiger partial charge in [-0.25, -0.2) is 15.8 Å². The van der Waals surface area contributed by atoms with Crippen molar-refractivity contribution in [1.29, 1.82) is 0 Å². The van der Waals surface area contributed by atoms with Gasteiger partial charge in [-0.1, -0.05) is 39.5 Å². The third-order valence-electron chi connectivity index (χ3n) is 3.26. The van der Waals surface area contributed by atoms with Crippen molar-refractivity contribution in [3.05, 3.63) is 6.07 Å². The number of nitrogens with one attached hydrogen (secondary N) is 1. The van der Waals surface area contributed by atoms with Gasteiger partial charge in [-0.05, 0) is 25.0 Å². The summed E-state index contributed by atoms with van der Waals surface area (Å²) in [6.45, 7) is 9.89. The van der Waals surface area contributed by atoms with Gasteiger partial charge in [0.1, 0.15) is 11.6 Å². The lowest BCUT2D eigenvalue weighted by molar-refractivity contribution is 0.501. The van der Waals surface area contributed by atoms with Crippen LogP contribution < -0.4 is 16.2 Å². The van der Waals surface area contributed by atoms with Gasteiger partial charge in [-0.2, -0.15) is 0 Å². The zero-order valence-electron chi connectivity index (χ0n) is 13.2. The predicted molar refractivity (Wildman–Crippen MR) is 88.2 cm³/mol. The van der Waals surface area contributed by atoms with E-state index in [0.717, 1.165) is 30.4 Å². The molecule has 6 heteroatoms. The van der Waals surface area contributed by atoms with Crippen LogP contribution >= 0.6 is 11.8 Å². The molecule has 0 radical (unpaired) electrons. The summed E-state index contributed by atoms with van der Waals surface area (Å²) in [5, 5.41) is 0.746. The van der Waals surface area contributed by atoms with Crippen molar-refractivity contribution in [2.45, 2.75) is 51.7 Å². The molecule has 0 aromatic carbocycles. The number of aromatic nitrogens is 2. The maximum absolute atomic E-state index is 5.52. The van der Waals surface area contributed by atoms with Crippen molar-refractivity contribution in [1.82, 2.24) is 9.97 Å². The van der Waals surface area contributed by atoms with Crippen LogP contribution in [0.4, 0.5) is 11.6 Å². The molecule has 114 valence electrons. The highest BCUT2D eigenvalue weighted by Gasteiger charge is 2.19. The molecule has 3 N–H and O–H groups in total. The molecule has 5 nitrogen and oxygen atoms in total. The van der Waals surface area contributed by atoms with E-state index in [-0.39, 0.29) is 0 Å². The predicted octanol–water partition coefficient (Wildman–Crippen LogP) is 3.14. The lowest BCUT2D eigenvalue weighted by Crippen LogP contribution is -2.38. The summed E-state index contributed by atoms with van der Waals surface area (Å²) in [5.41, 5.74) is 2.63. The number of nitrogens with two attached hydrogens (primary N) is 1. The summed E-state index contributed by atoms with van der Waals surface area (Å²) < 4.78 is 0. The molecule has 0 saturated heterocycles. The minimum atomic E-state index is 0.493. The topological polar surface area (TPSA) is 67.1 Å². The molecule has 0 aliphatic heterocycles. The highest BCUT2D eigenvalue weighted by molar-refractivity contribution is 7.98. The van der Waals surface area contributed by atoms with Crippen LogP contribution in [0.15, 0.2) is 11.2 Å². The van der Waals surface area contributed by atoms with Gasteiger partial charge in [0.05, 0.1) is 0 Å². The van der Waals surface area contributed by atoms with Gasteiger partial charge >= 0.3 is 0 Å². The second-order valence-corrected chi connectivity index (χ2v) is 6.03. The maximum Gasteiger partial charge on any atom is 0.191 e. The minimum absolute atomic E-state index is 0.493. The van der Waals surface area contributed by atoms with Gasteiger partial charge < -0.3 is 10.3 Å². The molecule has 1 aromatic rings. The van der Waals surface area contributed by atoms with Crippen LogP contribution in [0.25, 0.3) is 0 Å². The highest BCUT2D eigenvalue weighted by atomic mass is 32.2. The Morgan fingerprint density at radius 1 is 1.30 bits per heavy atom. The molecule has 0 aliphatic rings. The fourth-order valence-electron chi connectivity index (χ4n) is 2.28. The summed E-state index contributed by atoms with van der Waals surface area (Å²) in [7, 11) is 0. The zero-order valence-corrected chi connectivity index (χ0v) is 14.0. The van der Waals surface area contributed by atoms with E-state index in [4.69, 9.17) is 5.84 Å². The third kappa shape index (κ3) is 4.52. The van der Waals surface area contributed by atoms with E-state index in [1.54, 1.807) is 0 Å². The molecule has 0 bridgehead atoms. The fraction of sp³-hybridized carbons (Fsp3) is 0.714. The molecule has 1 aromatic heterocycles. The van der Waals surface area contributed by atoms with Crippen LogP contribution in [-0.4, -0.2) is 28.8 Å². The molecule has 1 heterocycles. The van der Waals surface area contributed by atoms with Crippen molar-refractivity contribution >= 4 is 23.4 Å². The lowest BCUT2D eigenvalue weighted by atomic mass is 10.1. The number of nitrogens with zero attached hydrogens (tertiary/aromatic N) is 3. The van der Waals surface area contributed by atoms with Crippen molar-refractivity contribution in [3.8, 4) is 0 Å². The second-order valence-electron chi connectivity index (χ2n) is 5.26. The zero-order chi connectivity index (χ0) is 15.1. The van der Waals surface area contributed by atoms with E-state index < -0.39 is 0 Å². The SMILES string of the molecule is CCC(CC)N(CC(C)C)c1cc(NN)nc(SC)n1. The summed E-state index contributed by atoms with van der Waals surface area (Å²) in [6, 6.07) is 2.42. The standard InChI is InChI=1S/C14H27N5S/c1-6-11(7-2)19(9-10(3)4)13-8-12(18-15)16-14(17-13)20-5/h8,10-11H,6-7,9,15H2,1-5H3,(H,16,17,18). The largest absolute Gasteiger partial charge is 0.353 e. The van der Waals surface area contributed by atoms with E-state index in [1.807, 2.05) is 12.3 Å².